The SMILES string of the molecule is COc1c(Br)ccc2c1NC(=O)NS2. The first-order valence-electron chi connectivity index (χ1n) is 3.82. The molecule has 74 valence electrons. The summed E-state index contributed by atoms with van der Waals surface area (Å²) in [5.74, 6) is 0.643. The Hall–Kier alpha value is -0.880. The van der Waals surface area contributed by atoms with Gasteiger partial charge in [0.25, 0.3) is 0 Å². The van der Waals surface area contributed by atoms with Crippen molar-refractivity contribution in [2.75, 3.05) is 12.4 Å². The van der Waals surface area contributed by atoms with Crippen molar-refractivity contribution >= 4 is 39.6 Å². The number of methoxy groups -OCH3 is 1. The number of halogens is 1. The number of benzene rings is 1. The summed E-state index contributed by atoms with van der Waals surface area (Å²) < 4.78 is 8.61. The molecule has 1 aliphatic heterocycles. The van der Waals surface area contributed by atoms with Crippen molar-refractivity contribution in [1.82, 2.24) is 4.72 Å². The number of hydrogen-bond acceptors (Lipinski definition) is 3. The maximum absolute atomic E-state index is 11.1. The number of fused-ring (bicyclic) bond motifs is 1. The quantitative estimate of drug-likeness (QED) is 0.774. The first-order valence-corrected chi connectivity index (χ1v) is 5.43. The predicted molar refractivity (Wildman–Crippen MR) is 58.7 cm³/mol. The lowest BCUT2D eigenvalue weighted by atomic mass is 10.3. The van der Waals surface area contributed by atoms with Crippen molar-refractivity contribution in [1.29, 1.82) is 0 Å². The van der Waals surface area contributed by atoms with E-state index in [0.29, 0.717) is 11.4 Å². The van der Waals surface area contributed by atoms with Gasteiger partial charge in [-0.15, -0.1) is 0 Å². The van der Waals surface area contributed by atoms with Crippen LogP contribution in [0.4, 0.5) is 10.5 Å². The molecule has 0 spiro atoms. The van der Waals surface area contributed by atoms with Crippen molar-refractivity contribution in [2.24, 2.45) is 0 Å². The lowest BCUT2D eigenvalue weighted by Gasteiger charge is -2.20. The van der Waals surface area contributed by atoms with Crippen LogP contribution in [0.3, 0.4) is 0 Å². The van der Waals surface area contributed by atoms with E-state index < -0.39 is 0 Å². The molecule has 1 aromatic carbocycles. The van der Waals surface area contributed by atoms with E-state index in [4.69, 9.17) is 4.74 Å². The molecule has 1 aromatic rings. The second-order valence-corrected chi connectivity index (χ2v) is 4.31. The van der Waals surface area contributed by atoms with Crippen molar-refractivity contribution in [2.45, 2.75) is 4.90 Å². The fourth-order valence-electron chi connectivity index (χ4n) is 1.18. The molecule has 2 N–H and O–H groups in total. The molecule has 1 aliphatic rings. The Kier molecular flexibility index (Phi) is 2.56. The van der Waals surface area contributed by atoms with Crippen LogP contribution in [0.1, 0.15) is 0 Å². The number of rotatable bonds is 1. The summed E-state index contributed by atoms with van der Waals surface area (Å²) in [5, 5.41) is 2.69. The Morgan fingerprint density at radius 2 is 2.29 bits per heavy atom. The van der Waals surface area contributed by atoms with E-state index >= 15 is 0 Å². The Morgan fingerprint density at radius 3 is 3.00 bits per heavy atom. The summed E-state index contributed by atoms with van der Waals surface area (Å²) in [6, 6.07) is 3.54. The number of ether oxygens (including phenoxy) is 1. The van der Waals surface area contributed by atoms with Crippen LogP contribution in [0.25, 0.3) is 0 Å². The third-order valence-corrected chi connectivity index (χ3v) is 3.24. The van der Waals surface area contributed by atoms with Crippen molar-refractivity contribution in [3.8, 4) is 5.75 Å². The van der Waals surface area contributed by atoms with Crippen LogP contribution in [-0.2, 0) is 0 Å². The number of urea groups is 1. The molecular weight excluding hydrogens is 268 g/mol. The van der Waals surface area contributed by atoms with E-state index in [1.165, 1.54) is 11.9 Å². The highest BCUT2D eigenvalue weighted by Gasteiger charge is 2.20. The average Bonchev–Trinajstić information content (AvgIpc) is 2.17. The van der Waals surface area contributed by atoms with Crippen LogP contribution in [0.2, 0.25) is 0 Å². The summed E-state index contributed by atoms with van der Waals surface area (Å²) in [6.07, 6.45) is 0. The van der Waals surface area contributed by atoms with E-state index in [0.717, 1.165) is 9.37 Å². The van der Waals surface area contributed by atoms with Gasteiger partial charge in [-0.1, -0.05) is 0 Å². The molecule has 1 heterocycles. The molecule has 0 fully saturated rings. The zero-order valence-corrected chi connectivity index (χ0v) is 9.66. The molecule has 0 saturated carbocycles. The Labute approximate surface area is 93.7 Å². The fraction of sp³-hybridized carbons (Fsp3) is 0.125. The minimum Gasteiger partial charge on any atom is -0.493 e. The number of anilines is 1. The van der Waals surface area contributed by atoms with Crippen LogP contribution in [0.15, 0.2) is 21.5 Å². The van der Waals surface area contributed by atoms with Gasteiger partial charge in [-0.05, 0) is 40.0 Å². The zero-order valence-electron chi connectivity index (χ0n) is 7.26. The molecule has 14 heavy (non-hydrogen) atoms. The second kappa shape index (κ2) is 3.70. The van der Waals surface area contributed by atoms with Crippen LogP contribution in [0, 0.1) is 0 Å². The van der Waals surface area contributed by atoms with Gasteiger partial charge in [0.05, 0.1) is 16.5 Å². The largest absolute Gasteiger partial charge is 0.493 e. The predicted octanol–water partition coefficient (Wildman–Crippen LogP) is 2.60. The summed E-state index contributed by atoms with van der Waals surface area (Å²) in [6.45, 7) is 0. The third kappa shape index (κ3) is 1.55. The van der Waals surface area contributed by atoms with Gasteiger partial charge >= 0.3 is 6.03 Å². The molecule has 0 atom stereocenters. The molecule has 4 nitrogen and oxygen atoms in total. The van der Waals surface area contributed by atoms with Crippen LogP contribution in [0.5, 0.6) is 5.75 Å². The van der Waals surface area contributed by atoms with Gasteiger partial charge in [-0.25, -0.2) is 4.79 Å². The molecule has 2 rings (SSSR count). The summed E-state index contributed by atoms with van der Waals surface area (Å²) in [7, 11) is 1.57. The smallest absolute Gasteiger partial charge is 0.329 e. The molecule has 0 aromatic heterocycles. The van der Waals surface area contributed by atoms with Crippen LogP contribution in [-0.4, -0.2) is 13.1 Å². The van der Waals surface area contributed by atoms with E-state index in [9.17, 15) is 4.79 Å². The van der Waals surface area contributed by atoms with Crippen molar-refractivity contribution in [3.05, 3.63) is 16.6 Å². The highest BCUT2D eigenvalue weighted by atomic mass is 79.9. The molecule has 6 heteroatoms. The normalized spacial score (nSPS) is 14.0. The zero-order chi connectivity index (χ0) is 10.1. The molecule has 0 unspecified atom stereocenters. The summed E-state index contributed by atoms with van der Waals surface area (Å²) in [5.41, 5.74) is 0.704. The number of amides is 2. The van der Waals surface area contributed by atoms with E-state index in [2.05, 4.69) is 26.0 Å². The average molecular weight is 275 g/mol. The number of carbonyl (C=O) groups is 1. The lowest BCUT2D eigenvalue weighted by Crippen LogP contribution is -2.27. The number of hydrogen-bond donors (Lipinski definition) is 2. The van der Waals surface area contributed by atoms with E-state index in [1.807, 2.05) is 12.1 Å². The Morgan fingerprint density at radius 1 is 1.50 bits per heavy atom. The standard InChI is InChI=1S/C8H7BrN2O2S/c1-13-7-4(9)2-3-5-6(7)10-8(12)11-14-5/h2-3H,1H3,(H2,10,11,12). The minimum absolute atomic E-state index is 0.237. The van der Waals surface area contributed by atoms with Crippen LogP contribution >= 0.6 is 27.9 Å². The maximum atomic E-state index is 11.1. The molecule has 0 aliphatic carbocycles. The Bertz CT molecular complexity index is 397. The van der Waals surface area contributed by atoms with Gasteiger partial charge in [-0.3, -0.25) is 4.72 Å². The second-order valence-electron chi connectivity index (χ2n) is 2.61. The van der Waals surface area contributed by atoms with Gasteiger partial charge in [0.2, 0.25) is 0 Å². The molecule has 0 saturated heterocycles. The first-order chi connectivity index (χ1) is 6.72. The third-order valence-electron chi connectivity index (χ3n) is 1.77. The van der Waals surface area contributed by atoms with Crippen molar-refractivity contribution < 1.29 is 9.53 Å². The summed E-state index contributed by atoms with van der Waals surface area (Å²) in [4.78, 5) is 12.0. The molecule has 2 amide bonds. The monoisotopic (exact) mass is 274 g/mol. The fourth-order valence-corrected chi connectivity index (χ4v) is 2.31. The summed E-state index contributed by atoms with van der Waals surface area (Å²) >= 11 is 4.62. The maximum Gasteiger partial charge on any atom is 0.329 e. The van der Waals surface area contributed by atoms with Gasteiger partial charge in [-0.2, -0.15) is 0 Å². The number of carbonyl (C=O) groups excluding carboxylic acids is 1. The van der Waals surface area contributed by atoms with Gasteiger partial charge in [0.1, 0.15) is 5.69 Å². The first kappa shape index (κ1) is 9.67. The topological polar surface area (TPSA) is 50.4 Å². The molecular formula is C8H7BrN2O2S. The number of nitrogens with one attached hydrogen (secondary N) is 2. The highest BCUT2D eigenvalue weighted by molar-refractivity contribution is 9.10. The molecule has 0 radical (unpaired) electrons. The van der Waals surface area contributed by atoms with Gasteiger partial charge in [0.15, 0.2) is 5.75 Å². The van der Waals surface area contributed by atoms with Gasteiger partial charge < -0.3 is 10.1 Å². The Balaban J connectivity index is 2.54. The minimum atomic E-state index is -0.237. The highest BCUT2D eigenvalue weighted by Crippen LogP contribution is 2.41. The van der Waals surface area contributed by atoms with Gasteiger partial charge in [0, 0.05) is 0 Å². The van der Waals surface area contributed by atoms with Crippen LogP contribution < -0.4 is 14.8 Å². The van der Waals surface area contributed by atoms with E-state index in [-0.39, 0.29) is 6.03 Å². The van der Waals surface area contributed by atoms with Crippen molar-refractivity contribution in [3.63, 3.8) is 0 Å². The lowest BCUT2D eigenvalue weighted by molar-refractivity contribution is 0.256. The molecule has 0 bridgehead atoms. The van der Waals surface area contributed by atoms with E-state index in [1.54, 1.807) is 7.11 Å².